The minimum absolute atomic E-state index is 0.106. The Morgan fingerprint density at radius 1 is 1.22 bits per heavy atom. The third-order valence-corrected chi connectivity index (χ3v) is 2.64. The van der Waals surface area contributed by atoms with E-state index < -0.39 is 0 Å². The Labute approximate surface area is 110 Å². The number of aryl methyl sites for hydroxylation is 1. The van der Waals surface area contributed by atoms with Crippen molar-refractivity contribution in [3.63, 3.8) is 0 Å². The molecule has 2 aromatic rings. The zero-order chi connectivity index (χ0) is 13.0. The second kappa shape index (κ2) is 5.64. The van der Waals surface area contributed by atoms with E-state index in [0.29, 0.717) is 12.5 Å². The van der Waals surface area contributed by atoms with Gasteiger partial charge in [-0.15, -0.1) is 0 Å². The fraction of sp³-hybridized carbons (Fsp3) is 0.250. The van der Waals surface area contributed by atoms with Crippen LogP contribution in [0.4, 0.5) is 5.95 Å². The van der Waals surface area contributed by atoms with Crippen LogP contribution in [0.1, 0.15) is 11.1 Å². The molecule has 0 bridgehead atoms. The first-order valence-corrected chi connectivity index (χ1v) is 5.81. The van der Waals surface area contributed by atoms with Crippen LogP contribution in [0.15, 0.2) is 24.3 Å². The van der Waals surface area contributed by atoms with Crippen molar-refractivity contribution in [3.05, 3.63) is 40.7 Å². The van der Waals surface area contributed by atoms with E-state index in [4.69, 9.17) is 16.3 Å². The molecule has 0 spiro atoms. The van der Waals surface area contributed by atoms with Gasteiger partial charge in [-0.1, -0.05) is 24.3 Å². The first-order chi connectivity index (χ1) is 8.69. The van der Waals surface area contributed by atoms with Crippen LogP contribution in [0.25, 0.3) is 0 Å². The molecule has 0 aliphatic rings. The largest absolute Gasteiger partial charge is 0.467 e. The van der Waals surface area contributed by atoms with Crippen LogP contribution in [-0.4, -0.2) is 22.1 Å². The quantitative estimate of drug-likeness (QED) is 0.919. The highest BCUT2D eigenvalue weighted by Gasteiger charge is 2.05. The highest BCUT2D eigenvalue weighted by Crippen LogP contribution is 2.13. The van der Waals surface area contributed by atoms with Crippen LogP contribution in [-0.2, 0) is 6.54 Å². The van der Waals surface area contributed by atoms with Crippen LogP contribution < -0.4 is 10.1 Å². The van der Waals surface area contributed by atoms with Crippen molar-refractivity contribution >= 4 is 17.5 Å². The summed E-state index contributed by atoms with van der Waals surface area (Å²) in [5, 5.41) is 3.20. The highest BCUT2D eigenvalue weighted by atomic mass is 35.5. The molecule has 94 valence electrons. The molecule has 0 aliphatic carbocycles. The van der Waals surface area contributed by atoms with Crippen LogP contribution in [0.2, 0.25) is 5.28 Å². The molecule has 0 fully saturated rings. The molecule has 0 saturated heterocycles. The van der Waals surface area contributed by atoms with Gasteiger partial charge in [0.1, 0.15) is 0 Å². The molecule has 6 heteroatoms. The average Bonchev–Trinajstić information content (AvgIpc) is 2.37. The second-order valence-corrected chi connectivity index (χ2v) is 4.03. The molecule has 1 aromatic carbocycles. The van der Waals surface area contributed by atoms with Gasteiger partial charge in [0.05, 0.1) is 7.11 Å². The molecule has 0 unspecified atom stereocenters. The zero-order valence-corrected chi connectivity index (χ0v) is 10.9. The predicted octanol–water partition coefficient (Wildman–Crippen LogP) is 2.45. The SMILES string of the molecule is COc1nc(Cl)nc(NCc2ccccc2C)n1. The Balaban J connectivity index is 2.11. The summed E-state index contributed by atoms with van der Waals surface area (Å²) in [6.45, 7) is 2.67. The Morgan fingerprint density at radius 2 is 2.00 bits per heavy atom. The Bertz CT molecular complexity index is 547. The fourth-order valence-corrected chi connectivity index (χ4v) is 1.64. The lowest BCUT2D eigenvalue weighted by molar-refractivity contribution is 0.379. The van der Waals surface area contributed by atoms with E-state index in [0.717, 1.165) is 0 Å². The summed E-state index contributed by atoms with van der Waals surface area (Å²) in [5.41, 5.74) is 2.38. The van der Waals surface area contributed by atoms with E-state index in [1.807, 2.05) is 18.2 Å². The van der Waals surface area contributed by atoms with Crippen molar-refractivity contribution in [2.24, 2.45) is 0 Å². The Hall–Kier alpha value is -1.88. The third-order valence-electron chi connectivity index (χ3n) is 2.47. The Kier molecular flexibility index (Phi) is 3.94. The topological polar surface area (TPSA) is 59.9 Å². The Morgan fingerprint density at radius 3 is 2.72 bits per heavy atom. The van der Waals surface area contributed by atoms with Crippen molar-refractivity contribution in [2.45, 2.75) is 13.5 Å². The summed E-state index contributed by atoms with van der Waals surface area (Å²) in [7, 11) is 1.48. The maximum atomic E-state index is 5.76. The molecule has 1 N–H and O–H groups in total. The average molecular weight is 265 g/mol. The van der Waals surface area contributed by atoms with E-state index in [1.165, 1.54) is 18.2 Å². The van der Waals surface area contributed by atoms with E-state index >= 15 is 0 Å². The number of hydrogen-bond acceptors (Lipinski definition) is 5. The molecule has 0 amide bonds. The second-order valence-electron chi connectivity index (χ2n) is 3.69. The van der Waals surface area contributed by atoms with Crippen LogP contribution >= 0.6 is 11.6 Å². The summed E-state index contributed by atoms with van der Waals surface area (Å²) in [6, 6.07) is 8.29. The van der Waals surface area contributed by atoms with Gasteiger partial charge in [0.2, 0.25) is 11.2 Å². The minimum Gasteiger partial charge on any atom is -0.467 e. The maximum Gasteiger partial charge on any atom is 0.322 e. The first kappa shape index (κ1) is 12.6. The first-order valence-electron chi connectivity index (χ1n) is 5.43. The van der Waals surface area contributed by atoms with Crippen molar-refractivity contribution in [1.82, 2.24) is 15.0 Å². The van der Waals surface area contributed by atoms with E-state index in [-0.39, 0.29) is 11.3 Å². The lowest BCUT2D eigenvalue weighted by atomic mass is 10.1. The molecule has 18 heavy (non-hydrogen) atoms. The number of nitrogens with zero attached hydrogens (tertiary/aromatic N) is 3. The lowest BCUT2D eigenvalue weighted by Crippen LogP contribution is -2.06. The number of aromatic nitrogens is 3. The summed E-state index contributed by atoms with van der Waals surface area (Å²) in [4.78, 5) is 11.8. The number of rotatable bonds is 4. The zero-order valence-electron chi connectivity index (χ0n) is 10.1. The third kappa shape index (κ3) is 3.07. The number of anilines is 1. The lowest BCUT2D eigenvalue weighted by Gasteiger charge is -2.08. The van der Waals surface area contributed by atoms with Gasteiger partial charge in [-0.2, -0.15) is 15.0 Å². The van der Waals surface area contributed by atoms with Gasteiger partial charge in [-0.3, -0.25) is 0 Å². The summed E-state index contributed by atoms with van der Waals surface area (Å²) >= 11 is 5.76. The fourth-order valence-electron chi connectivity index (χ4n) is 1.48. The van der Waals surface area contributed by atoms with Gasteiger partial charge in [-0.25, -0.2) is 0 Å². The molecule has 5 nitrogen and oxygen atoms in total. The molecule has 0 atom stereocenters. The van der Waals surface area contributed by atoms with E-state index in [9.17, 15) is 0 Å². The number of nitrogens with one attached hydrogen (secondary N) is 1. The molecule has 0 radical (unpaired) electrons. The number of halogens is 1. The van der Waals surface area contributed by atoms with E-state index in [1.54, 1.807) is 0 Å². The van der Waals surface area contributed by atoms with E-state index in [2.05, 4.69) is 33.3 Å². The highest BCUT2D eigenvalue weighted by molar-refractivity contribution is 6.28. The molecule has 2 rings (SSSR count). The maximum absolute atomic E-state index is 5.76. The monoisotopic (exact) mass is 264 g/mol. The summed E-state index contributed by atoms with van der Waals surface area (Å²) < 4.78 is 4.92. The molecular formula is C12H13ClN4O. The standard InChI is InChI=1S/C12H13ClN4O/c1-8-5-3-4-6-9(8)7-14-11-15-10(13)16-12(17-11)18-2/h3-6H,7H2,1-2H3,(H,14,15,16,17). The van der Waals surface area contributed by atoms with Gasteiger partial charge >= 0.3 is 6.01 Å². The number of methoxy groups -OCH3 is 1. The summed E-state index contributed by atoms with van der Waals surface area (Å²) in [5.74, 6) is 0.398. The van der Waals surface area contributed by atoms with Crippen molar-refractivity contribution in [2.75, 3.05) is 12.4 Å². The predicted molar refractivity (Wildman–Crippen MR) is 69.9 cm³/mol. The van der Waals surface area contributed by atoms with Crippen molar-refractivity contribution < 1.29 is 4.74 Å². The van der Waals surface area contributed by atoms with Crippen LogP contribution in [0.3, 0.4) is 0 Å². The number of hydrogen-bond donors (Lipinski definition) is 1. The molecule has 0 aliphatic heterocycles. The smallest absolute Gasteiger partial charge is 0.322 e. The minimum atomic E-state index is 0.106. The van der Waals surface area contributed by atoms with Gasteiger partial charge < -0.3 is 10.1 Å². The molecule has 0 saturated carbocycles. The van der Waals surface area contributed by atoms with Crippen molar-refractivity contribution in [1.29, 1.82) is 0 Å². The van der Waals surface area contributed by atoms with Crippen molar-refractivity contribution in [3.8, 4) is 6.01 Å². The number of benzene rings is 1. The number of ether oxygens (including phenoxy) is 1. The van der Waals surface area contributed by atoms with Gasteiger partial charge in [0, 0.05) is 6.54 Å². The molecular weight excluding hydrogens is 252 g/mol. The van der Waals surface area contributed by atoms with Crippen LogP contribution in [0.5, 0.6) is 6.01 Å². The molecule has 1 heterocycles. The van der Waals surface area contributed by atoms with Gasteiger partial charge in [-0.05, 0) is 29.7 Å². The summed E-state index contributed by atoms with van der Waals surface area (Å²) in [6.07, 6.45) is 0. The van der Waals surface area contributed by atoms with Crippen LogP contribution in [0, 0.1) is 6.92 Å². The molecule has 1 aromatic heterocycles. The van der Waals surface area contributed by atoms with Gasteiger partial charge in [0.15, 0.2) is 0 Å². The van der Waals surface area contributed by atoms with Gasteiger partial charge in [0.25, 0.3) is 0 Å². The normalized spacial score (nSPS) is 10.2.